The number of ether oxygens (including phenoxy) is 1. The van der Waals surface area contributed by atoms with E-state index in [4.69, 9.17) is 4.74 Å². The van der Waals surface area contributed by atoms with Crippen molar-refractivity contribution >= 4 is 11.3 Å². The van der Waals surface area contributed by atoms with Gasteiger partial charge in [0.15, 0.2) is 0 Å². The smallest absolute Gasteiger partial charge is 0.119 e. The average molecular weight is 303 g/mol. The van der Waals surface area contributed by atoms with Gasteiger partial charge >= 0.3 is 0 Å². The minimum atomic E-state index is 0.494. The zero-order valence-electron chi connectivity index (χ0n) is 13.0. The molecule has 1 unspecified atom stereocenters. The summed E-state index contributed by atoms with van der Waals surface area (Å²) in [6.45, 7) is 6.13. The summed E-state index contributed by atoms with van der Waals surface area (Å²) < 4.78 is 5.88. The lowest BCUT2D eigenvalue weighted by atomic mass is 10.1. The van der Waals surface area contributed by atoms with Crippen molar-refractivity contribution in [1.29, 1.82) is 0 Å². The number of rotatable bonds is 9. The zero-order chi connectivity index (χ0) is 14.9. The van der Waals surface area contributed by atoms with Crippen LogP contribution in [0.2, 0.25) is 0 Å². The molecule has 1 aromatic carbocycles. The zero-order valence-corrected chi connectivity index (χ0v) is 13.8. The van der Waals surface area contributed by atoms with E-state index in [1.165, 1.54) is 16.9 Å². The van der Waals surface area contributed by atoms with E-state index < -0.39 is 0 Å². The number of hydrogen-bond donors (Lipinski definition) is 1. The molecular weight excluding hydrogens is 278 g/mol. The molecule has 114 valence electrons. The van der Waals surface area contributed by atoms with Crippen LogP contribution in [-0.2, 0) is 6.42 Å². The van der Waals surface area contributed by atoms with Crippen molar-refractivity contribution in [1.82, 2.24) is 5.32 Å². The summed E-state index contributed by atoms with van der Waals surface area (Å²) in [5.41, 5.74) is 1.24. The highest BCUT2D eigenvalue weighted by Crippen LogP contribution is 2.15. The number of aryl methyl sites for hydroxylation is 1. The van der Waals surface area contributed by atoms with Gasteiger partial charge in [-0.15, -0.1) is 11.3 Å². The fraction of sp³-hybridized carbons (Fsp3) is 0.444. The third-order valence-corrected chi connectivity index (χ3v) is 4.33. The van der Waals surface area contributed by atoms with E-state index in [-0.39, 0.29) is 0 Å². The largest absolute Gasteiger partial charge is 0.494 e. The van der Waals surface area contributed by atoms with E-state index in [0.29, 0.717) is 6.04 Å². The van der Waals surface area contributed by atoms with E-state index in [1.807, 2.05) is 23.5 Å². The fourth-order valence-electron chi connectivity index (χ4n) is 2.32. The van der Waals surface area contributed by atoms with Gasteiger partial charge in [-0.1, -0.05) is 25.1 Å². The Morgan fingerprint density at radius 1 is 1.24 bits per heavy atom. The Morgan fingerprint density at radius 3 is 2.86 bits per heavy atom. The summed E-state index contributed by atoms with van der Waals surface area (Å²) in [6.07, 6.45) is 3.29. The molecule has 2 rings (SSSR count). The van der Waals surface area contributed by atoms with Crippen molar-refractivity contribution in [2.45, 2.75) is 39.2 Å². The minimum absolute atomic E-state index is 0.494. The van der Waals surface area contributed by atoms with Crippen molar-refractivity contribution in [2.75, 3.05) is 13.2 Å². The summed E-state index contributed by atoms with van der Waals surface area (Å²) in [5, 5.41) is 5.78. The molecule has 0 spiro atoms. The highest BCUT2D eigenvalue weighted by Gasteiger charge is 2.10. The van der Waals surface area contributed by atoms with Gasteiger partial charge in [-0.05, 0) is 61.9 Å². The van der Waals surface area contributed by atoms with E-state index in [2.05, 4.69) is 48.8 Å². The van der Waals surface area contributed by atoms with Crippen molar-refractivity contribution in [3.8, 4) is 5.75 Å². The predicted octanol–water partition coefficient (Wildman–Crippen LogP) is 4.44. The molecule has 0 saturated carbocycles. The molecule has 0 fully saturated rings. The maximum absolute atomic E-state index is 5.88. The van der Waals surface area contributed by atoms with Crippen LogP contribution in [0.15, 0.2) is 41.8 Å². The first kappa shape index (κ1) is 16.1. The minimum Gasteiger partial charge on any atom is -0.494 e. The molecule has 21 heavy (non-hydrogen) atoms. The number of hydrogen-bond acceptors (Lipinski definition) is 3. The van der Waals surface area contributed by atoms with Crippen molar-refractivity contribution < 1.29 is 4.74 Å². The second-order valence-corrected chi connectivity index (χ2v) is 6.42. The standard InChI is InChI=1S/C18H25NOS/c1-3-10-19-16(14-18-8-5-12-21-18)9-11-20-17-7-4-6-15(2)13-17/h4-8,12-13,16,19H,3,9-11,14H2,1-2H3. The van der Waals surface area contributed by atoms with Crippen LogP contribution < -0.4 is 10.1 Å². The van der Waals surface area contributed by atoms with Gasteiger partial charge in [0.1, 0.15) is 5.75 Å². The third kappa shape index (κ3) is 5.90. The van der Waals surface area contributed by atoms with Gasteiger partial charge in [-0.3, -0.25) is 0 Å². The quantitative estimate of drug-likeness (QED) is 0.739. The average Bonchev–Trinajstić information content (AvgIpc) is 2.97. The van der Waals surface area contributed by atoms with Crippen LogP contribution in [0, 0.1) is 6.92 Å². The van der Waals surface area contributed by atoms with Crippen LogP contribution in [0.4, 0.5) is 0 Å². The van der Waals surface area contributed by atoms with Gasteiger partial charge in [0.2, 0.25) is 0 Å². The first-order valence-corrected chi connectivity index (χ1v) is 8.61. The van der Waals surface area contributed by atoms with Gasteiger partial charge in [0, 0.05) is 10.9 Å². The molecule has 1 heterocycles. The molecule has 2 aromatic rings. The van der Waals surface area contributed by atoms with Crippen molar-refractivity contribution in [3.63, 3.8) is 0 Å². The van der Waals surface area contributed by atoms with Gasteiger partial charge < -0.3 is 10.1 Å². The predicted molar refractivity (Wildman–Crippen MR) is 91.4 cm³/mol. The van der Waals surface area contributed by atoms with Gasteiger partial charge in [0.25, 0.3) is 0 Å². The first-order valence-electron chi connectivity index (χ1n) is 7.73. The third-order valence-electron chi connectivity index (χ3n) is 3.44. The molecule has 0 amide bonds. The summed E-state index contributed by atoms with van der Waals surface area (Å²) in [5.74, 6) is 0.973. The number of thiophene rings is 1. The molecular formula is C18H25NOS. The molecule has 0 aliphatic rings. The molecule has 0 aliphatic heterocycles. The Bertz CT molecular complexity index is 510. The fourth-order valence-corrected chi connectivity index (χ4v) is 3.11. The van der Waals surface area contributed by atoms with E-state index >= 15 is 0 Å². The highest BCUT2D eigenvalue weighted by atomic mass is 32.1. The maximum atomic E-state index is 5.88. The van der Waals surface area contributed by atoms with Crippen LogP contribution in [0.25, 0.3) is 0 Å². The summed E-state index contributed by atoms with van der Waals surface area (Å²) in [4.78, 5) is 1.44. The molecule has 0 bridgehead atoms. The summed E-state index contributed by atoms with van der Waals surface area (Å²) in [6, 6.07) is 13.1. The molecule has 3 heteroatoms. The van der Waals surface area contributed by atoms with Crippen LogP contribution >= 0.6 is 11.3 Å². The Morgan fingerprint density at radius 2 is 2.14 bits per heavy atom. The second kappa shape index (κ2) is 8.85. The van der Waals surface area contributed by atoms with Crippen molar-refractivity contribution in [2.24, 2.45) is 0 Å². The van der Waals surface area contributed by atoms with Crippen LogP contribution in [0.3, 0.4) is 0 Å². The lowest BCUT2D eigenvalue weighted by molar-refractivity contribution is 0.284. The molecule has 0 saturated heterocycles. The van der Waals surface area contributed by atoms with Crippen LogP contribution in [-0.4, -0.2) is 19.2 Å². The SMILES string of the molecule is CCCNC(CCOc1cccc(C)c1)Cc1cccs1. The van der Waals surface area contributed by atoms with Crippen molar-refractivity contribution in [3.05, 3.63) is 52.2 Å². The van der Waals surface area contributed by atoms with E-state index in [0.717, 1.165) is 31.7 Å². The summed E-state index contributed by atoms with van der Waals surface area (Å²) in [7, 11) is 0. The molecule has 1 N–H and O–H groups in total. The second-order valence-electron chi connectivity index (χ2n) is 5.39. The normalized spacial score (nSPS) is 12.3. The lowest BCUT2D eigenvalue weighted by Gasteiger charge is -2.18. The first-order chi connectivity index (χ1) is 10.3. The lowest BCUT2D eigenvalue weighted by Crippen LogP contribution is -2.33. The molecule has 2 nitrogen and oxygen atoms in total. The summed E-state index contributed by atoms with van der Waals surface area (Å²) >= 11 is 1.84. The Balaban J connectivity index is 1.80. The maximum Gasteiger partial charge on any atom is 0.119 e. The van der Waals surface area contributed by atoms with E-state index in [9.17, 15) is 0 Å². The molecule has 1 aromatic heterocycles. The van der Waals surface area contributed by atoms with E-state index in [1.54, 1.807) is 0 Å². The van der Waals surface area contributed by atoms with Crippen LogP contribution in [0.5, 0.6) is 5.75 Å². The number of benzene rings is 1. The van der Waals surface area contributed by atoms with Gasteiger partial charge in [0.05, 0.1) is 6.61 Å². The molecule has 0 aliphatic carbocycles. The Hall–Kier alpha value is -1.32. The monoisotopic (exact) mass is 303 g/mol. The molecule has 0 radical (unpaired) electrons. The highest BCUT2D eigenvalue weighted by molar-refractivity contribution is 7.09. The van der Waals surface area contributed by atoms with Crippen LogP contribution in [0.1, 0.15) is 30.2 Å². The number of nitrogens with one attached hydrogen (secondary N) is 1. The Kier molecular flexibility index (Phi) is 6.77. The topological polar surface area (TPSA) is 21.3 Å². The Labute approximate surface area is 132 Å². The van der Waals surface area contributed by atoms with Gasteiger partial charge in [-0.2, -0.15) is 0 Å². The molecule has 1 atom stereocenters. The van der Waals surface area contributed by atoms with Gasteiger partial charge in [-0.25, -0.2) is 0 Å².